The maximum Gasteiger partial charge on any atom is 0.230 e. The molecule has 24 heavy (non-hydrogen) atoms. The fourth-order valence-electron chi connectivity index (χ4n) is 3.41. The lowest BCUT2D eigenvalue weighted by Gasteiger charge is -2.34. The van der Waals surface area contributed by atoms with Gasteiger partial charge in [-0.25, -0.2) is 4.98 Å². The number of halogens is 1. The molecule has 1 aromatic carbocycles. The van der Waals surface area contributed by atoms with Gasteiger partial charge in [0.2, 0.25) is 10.8 Å². The summed E-state index contributed by atoms with van der Waals surface area (Å²) in [6.45, 7) is 3.93. The molecule has 0 bridgehead atoms. The van der Waals surface area contributed by atoms with Gasteiger partial charge in [-0.1, -0.05) is 45.8 Å². The normalized spacial score (nSPS) is 17.4. The molecule has 2 aromatic heterocycles. The van der Waals surface area contributed by atoms with Crippen molar-refractivity contribution in [1.82, 2.24) is 19.5 Å². The first-order valence-electron chi connectivity index (χ1n) is 8.18. The second kappa shape index (κ2) is 6.46. The molecule has 1 aliphatic heterocycles. The number of thiazole rings is 1. The third-order valence-corrected chi connectivity index (χ3v) is 6.04. The van der Waals surface area contributed by atoms with Crippen molar-refractivity contribution in [3.05, 3.63) is 45.0 Å². The Morgan fingerprint density at radius 2 is 2.04 bits per heavy atom. The number of rotatable bonds is 3. The van der Waals surface area contributed by atoms with Crippen molar-refractivity contribution in [2.75, 3.05) is 13.1 Å². The lowest BCUT2D eigenvalue weighted by atomic mass is 10.0. The minimum absolute atomic E-state index is 0.0385. The summed E-state index contributed by atoms with van der Waals surface area (Å²) in [7, 11) is 0. The Bertz CT molecular complexity index is 869. The van der Waals surface area contributed by atoms with E-state index in [1.165, 1.54) is 36.2 Å². The first kappa shape index (κ1) is 16.1. The lowest BCUT2D eigenvalue weighted by Crippen LogP contribution is -2.34. The molecule has 0 aliphatic carbocycles. The van der Waals surface area contributed by atoms with E-state index in [0.29, 0.717) is 5.82 Å². The summed E-state index contributed by atoms with van der Waals surface area (Å²) in [5.41, 5.74) is 1.18. The maximum atomic E-state index is 10.8. The number of hydrogen-bond donors (Lipinski definition) is 1. The zero-order valence-electron chi connectivity index (χ0n) is 13.4. The van der Waals surface area contributed by atoms with Crippen LogP contribution in [0.25, 0.3) is 4.96 Å². The number of likely N-dealkylation sites (tertiary alicyclic amines) is 1. The molecule has 3 aromatic rings. The highest BCUT2D eigenvalue weighted by molar-refractivity contribution is 9.10. The molecule has 1 unspecified atom stereocenters. The second-order valence-corrected chi connectivity index (χ2v) is 8.12. The maximum absolute atomic E-state index is 10.8. The molecule has 7 heteroatoms. The molecule has 1 fully saturated rings. The topological polar surface area (TPSA) is 53.7 Å². The van der Waals surface area contributed by atoms with Crippen molar-refractivity contribution in [2.45, 2.75) is 32.2 Å². The average molecular weight is 407 g/mol. The van der Waals surface area contributed by atoms with Gasteiger partial charge in [0.15, 0.2) is 0 Å². The number of nitrogens with zero attached hydrogens (tertiary/aromatic N) is 4. The van der Waals surface area contributed by atoms with E-state index in [4.69, 9.17) is 0 Å². The standard InChI is InChI=1S/C17H19BrN4OS/c1-11-19-17-22(20-11)16(23)15(24-17)14(21-8-3-2-4-9-21)12-6-5-7-13(18)10-12/h5-7,10,14,23H,2-4,8-9H2,1H3. The molecule has 1 N–H and O–H groups in total. The van der Waals surface area contributed by atoms with Crippen molar-refractivity contribution in [3.63, 3.8) is 0 Å². The van der Waals surface area contributed by atoms with Crippen LogP contribution in [0.1, 0.15) is 41.6 Å². The Labute approximate surface area is 153 Å². The van der Waals surface area contributed by atoms with Gasteiger partial charge in [0, 0.05) is 4.47 Å². The number of piperidine rings is 1. The van der Waals surface area contributed by atoms with E-state index >= 15 is 0 Å². The van der Waals surface area contributed by atoms with Crippen LogP contribution in [0.5, 0.6) is 5.88 Å². The van der Waals surface area contributed by atoms with Gasteiger partial charge in [0.05, 0.1) is 10.9 Å². The lowest BCUT2D eigenvalue weighted by molar-refractivity contribution is 0.186. The number of benzene rings is 1. The van der Waals surface area contributed by atoms with Crippen LogP contribution in [-0.2, 0) is 0 Å². The SMILES string of the molecule is Cc1nc2sc(C(c3cccc(Br)c3)N3CCCCC3)c(O)n2n1. The summed E-state index contributed by atoms with van der Waals surface area (Å²) >= 11 is 5.10. The molecule has 1 saturated heterocycles. The minimum atomic E-state index is 0.0385. The summed E-state index contributed by atoms with van der Waals surface area (Å²) in [6.07, 6.45) is 3.68. The zero-order chi connectivity index (χ0) is 16.7. The molecular formula is C17H19BrN4OS. The Morgan fingerprint density at radius 3 is 2.75 bits per heavy atom. The molecule has 0 radical (unpaired) electrons. The Hall–Kier alpha value is -1.44. The van der Waals surface area contributed by atoms with Gasteiger partial charge in [-0.3, -0.25) is 4.90 Å². The molecule has 4 rings (SSSR count). The number of fused-ring (bicyclic) bond motifs is 1. The van der Waals surface area contributed by atoms with Gasteiger partial charge in [-0.15, -0.1) is 5.10 Å². The predicted molar refractivity (Wildman–Crippen MR) is 98.7 cm³/mol. The van der Waals surface area contributed by atoms with Crippen LogP contribution in [0.3, 0.4) is 0 Å². The van der Waals surface area contributed by atoms with Crippen LogP contribution in [0.4, 0.5) is 0 Å². The van der Waals surface area contributed by atoms with Gasteiger partial charge >= 0.3 is 0 Å². The van der Waals surface area contributed by atoms with Crippen LogP contribution in [0.2, 0.25) is 0 Å². The van der Waals surface area contributed by atoms with Crippen LogP contribution in [-0.4, -0.2) is 37.7 Å². The number of hydrogen-bond acceptors (Lipinski definition) is 5. The van der Waals surface area contributed by atoms with E-state index < -0.39 is 0 Å². The summed E-state index contributed by atoms with van der Waals surface area (Å²) in [5.74, 6) is 0.895. The van der Waals surface area contributed by atoms with E-state index in [-0.39, 0.29) is 11.9 Å². The third kappa shape index (κ3) is 2.85. The molecule has 0 amide bonds. The molecular weight excluding hydrogens is 388 g/mol. The van der Waals surface area contributed by atoms with Gasteiger partial charge < -0.3 is 5.11 Å². The van der Waals surface area contributed by atoms with E-state index in [1.54, 1.807) is 4.52 Å². The summed E-state index contributed by atoms with van der Waals surface area (Å²) in [5, 5.41) is 15.1. The first-order chi connectivity index (χ1) is 11.6. The summed E-state index contributed by atoms with van der Waals surface area (Å²) in [6, 6.07) is 8.39. The van der Waals surface area contributed by atoms with Crippen molar-refractivity contribution in [2.24, 2.45) is 0 Å². The van der Waals surface area contributed by atoms with Crippen LogP contribution in [0, 0.1) is 6.92 Å². The van der Waals surface area contributed by atoms with Gasteiger partial charge in [-0.05, 0) is 50.6 Å². The number of aromatic nitrogens is 3. The Morgan fingerprint density at radius 1 is 1.25 bits per heavy atom. The predicted octanol–water partition coefficient (Wildman–Crippen LogP) is 4.14. The second-order valence-electron chi connectivity index (χ2n) is 6.20. The average Bonchev–Trinajstić information content (AvgIpc) is 3.07. The molecule has 0 saturated carbocycles. The van der Waals surface area contributed by atoms with Crippen LogP contribution < -0.4 is 0 Å². The Balaban J connectivity index is 1.84. The first-order valence-corrected chi connectivity index (χ1v) is 9.79. The van der Waals surface area contributed by atoms with Crippen LogP contribution >= 0.6 is 27.3 Å². The monoisotopic (exact) mass is 406 g/mol. The van der Waals surface area contributed by atoms with Gasteiger partial charge in [0.1, 0.15) is 5.82 Å². The van der Waals surface area contributed by atoms with Crippen LogP contribution in [0.15, 0.2) is 28.7 Å². The molecule has 126 valence electrons. The largest absolute Gasteiger partial charge is 0.492 e. The molecule has 0 spiro atoms. The highest BCUT2D eigenvalue weighted by atomic mass is 79.9. The molecule has 1 aliphatic rings. The molecule has 5 nitrogen and oxygen atoms in total. The minimum Gasteiger partial charge on any atom is -0.492 e. The number of aryl methyl sites for hydroxylation is 1. The van der Waals surface area contributed by atoms with Gasteiger partial charge in [0.25, 0.3) is 0 Å². The fourth-order valence-corrected chi connectivity index (χ4v) is 4.99. The summed E-state index contributed by atoms with van der Waals surface area (Å²) in [4.78, 5) is 8.55. The third-order valence-electron chi connectivity index (χ3n) is 4.47. The molecule has 3 heterocycles. The van der Waals surface area contributed by atoms with Crippen molar-refractivity contribution < 1.29 is 5.11 Å². The van der Waals surface area contributed by atoms with E-state index in [9.17, 15) is 5.11 Å². The highest BCUT2D eigenvalue weighted by Gasteiger charge is 2.30. The number of aromatic hydroxyl groups is 1. The van der Waals surface area contributed by atoms with Crippen molar-refractivity contribution in [3.8, 4) is 5.88 Å². The van der Waals surface area contributed by atoms with Crippen molar-refractivity contribution >= 4 is 32.2 Å². The fraction of sp³-hybridized carbons (Fsp3) is 0.412. The quantitative estimate of drug-likeness (QED) is 0.709. The smallest absolute Gasteiger partial charge is 0.230 e. The van der Waals surface area contributed by atoms with E-state index in [1.807, 2.05) is 13.0 Å². The van der Waals surface area contributed by atoms with E-state index in [2.05, 4.69) is 49.1 Å². The highest BCUT2D eigenvalue weighted by Crippen LogP contribution is 2.41. The summed E-state index contributed by atoms with van der Waals surface area (Å²) < 4.78 is 2.61. The van der Waals surface area contributed by atoms with E-state index in [0.717, 1.165) is 27.4 Å². The van der Waals surface area contributed by atoms with Crippen molar-refractivity contribution in [1.29, 1.82) is 0 Å². The van der Waals surface area contributed by atoms with Gasteiger partial charge in [-0.2, -0.15) is 4.52 Å². The molecule has 1 atom stereocenters. The Kier molecular flexibility index (Phi) is 4.32. The zero-order valence-corrected chi connectivity index (χ0v) is 15.8.